The summed E-state index contributed by atoms with van der Waals surface area (Å²) in [6.45, 7) is 4.63. The quantitative estimate of drug-likeness (QED) is 0.455. The third kappa shape index (κ3) is 5.41. The number of aryl methyl sites for hydroxylation is 1. The predicted molar refractivity (Wildman–Crippen MR) is 137 cm³/mol. The zero-order valence-electron chi connectivity index (χ0n) is 20.0. The highest BCUT2D eigenvalue weighted by Gasteiger charge is 2.23. The van der Waals surface area contributed by atoms with E-state index < -0.39 is 0 Å². The van der Waals surface area contributed by atoms with Gasteiger partial charge in [-0.1, -0.05) is 35.9 Å². The maximum atomic E-state index is 13.2. The molecule has 1 N–H and O–H groups in total. The number of nitrogens with zero attached hydrogens (tertiary/aromatic N) is 6. The predicted octanol–water partition coefficient (Wildman–Crippen LogP) is 3.11. The molecule has 0 unspecified atom stereocenters. The molecule has 0 aliphatic carbocycles. The summed E-state index contributed by atoms with van der Waals surface area (Å²) in [5, 5.41) is 7.27. The van der Waals surface area contributed by atoms with Crippen molar-refractivity contribution in [1.29, 1.82) is 0 Å². The lowest BCUT2D eigenvalue weighted by Crippen LogP contribution is -2.49. The molecular weight excluding hydrogens is 454 g/mol. The molecule has 0 bridgehead atoms. The van der Waals surface area contributed by atoms with Crippen LogP contribution in [-0.2, 0) is 11.2 Å². The molecule has 36 heavy (non-hydrogen) atoms. The van der Waals surface area contributed by atoms with Crippen LogP contribution >= 0.6 is 0 Å². The van der Waals surface area contributed by atoms with E-state index in [1.54, 1.807) is 35.7 Å². The van der Waals surface area contributed by atoms with Crippen LogP contribution in [0.4, 0.5) is 11.5 Å². The normalized spacial score (nSPS) is 13.5. The SMILES string of the molecule is Cc1cccc(CC(=O)Nc2cnn(-c3cccc(C(=O)N4CCN(c5cnccn5)CC4)c3)c2)c1. The Hall–Kier alpha value is -4.53. The van der Waals surface area contributed by atoms with Gasteiger partial charge in [0.05, 0.1) is 36.4 Å². The minimum atomic E-state index is -0.107. The van der Waals surface area contributed by atoms with Gasteiger partial charge in [-0.25, -0.2) is 9.67 Å². The highest BCUT2D eigenvalue weighted by molar-refractivity contribution is 5.95. The average molecular weight is 482 g/mol. The van der Waals surface area contributed by atoms with Crippen molar-refractivity contribution in [3.63, 3.8) is 0 Å². The van der Waals surface area contributed by atoms with Gasteiger partial charge in [-0.2, -0.15) is 5.10 Å². The first kappa shape index (κ1) is 23.2. The van der Waals surface area contributed by atoms with Gasteiger partial charge in [0.1, 0.15) is 5.82 Å². The van der Waals surface area contributed by atoms with Gasteiger partial charge in [0.2, 0.25) is 5.91 Å². The van der Waals surface area contributed by atoms with Gasteiger partial charge in [0.15, 0.2) is 0 Å². The fourth-order valence-corrected chi connectivity index (χ4v) is 4.30. The Kier molecular flexibility index (Phi) is 6.70. The van der Waals surface area contributed by atoms with Crippen LogP contribution in [0.1, 0.15) is 21.5 Å². The maximum absolute atomic E-state index is 13.2. The molecule has 5 rings (SSSR count). The van der Waals surface area contributed by atoms with Gasteiger partial charge >= 0.3 is 0 Å². The Labute approximate surface area is 209 Å². The second-order valence-electron chi connectivity index (χ2n) is 8.78. The van der Waals surface area contributed by atoms with E-state index in [0.717, 1.165) is 22.6 Å². The van der Waals surface area contributed by atoms with Crippen LogP contribution in [0.25, 0.3) is 5.69 Å². The van der Waals surface area contributed by atoms with Gasteiger partial charge in [-0.3, -0.25) is 14.6 Å². The minimum absolute atomic E-state index is 0.0190. The number of anilines is 2. The average Bonchev–Trinajstić information content (AvgIpc) is 3.37. The lowest BCUT2D eigenvalue weighted by atomic mass is 10.1. The minimum Gasteiger partial charge on any atom is -0.352 e. The first-order valence-corrected chi connectivity index (χ1v) is 11.9. The molecule has 3 heterocycles. The Morgan fingerprint density at radius 2 is 1.81 bits per heavy atom. The van der Waals surface area contributed by atoms with Crippen molar-refractivity contribution >= 4 is 23.3 Å². The summed E-state index contributed by atoms with van der Waals surface area (Å²) in [4.78, 5) is 38.1. The first-order chi connectivity index (χ1) is 17.5. The third-order valence-electron chi connectivity index (χ3n) is 6.11. The third-order valence-corrected chi connectivity index (χ3v) is 6.11. The van der Waals surface area contributed by atoms with E-state index in [1.165, 1.54) is 0 Å². The molecular formula is C27H27N7O2. The number of carbonyl (C=O) groups is 2. The molecule has 2 aromatic heterocycles. The zero-order valence-corrected chi connectivity index (χ0v) is 20.0. The summed E-state index contributed by atoms with van der Waals surface area (Å²) in [5.41, 5.74) is 4.03. The Morgan fingerprint density at radius 1 is 0.972 bits per heavy atom. The molecule has 0 saturated carbocycles. The van der Waals surface area contributed by atoms with E-state index in [9.17, 15) is 9.59 Å². The lowest BCUT2D eigenvalue weighted by molar-refractivity contribution is -0.115. The number of aromatic nitrogens is 4. The van der Waals surface area contributed by atoms with Crippen LogP contribution in [0.3, 0.4) is 0 Å². The van der Waals surface area contributed by atoms with Crippen LogP contribution in [0.15, 0.2) is 79.5 Å². The molecule has 2 amide bonds. The molecule has 0 radical (unpaired) electrons. The van der Waals surface area contributed by atoms with E-state index in [1.807, 2.05) is 60.4 Å². The van der Waals surface area contributed by atoms with Crippen LogP contribution in [0.2, 0.25) is 0 Å². The molecule has 1 fully saturated rings. The molecule has 1 aliphatic heterocycles. The molecule has 9 nitrogen and oxygen atoms in total. The van der Waals surface area contributed by atoms with Gasteiger partial charge in [0, 0.05) is 44.1 Å². The van der Waals surface area contributed by atoms with Crippen LogP contribution in [-0.4, -0.2) is 62.6 Å². The monoisotopic (exact) mass is 481 g/mol. The first-order valence-electron chi connectivity index (χ1n) is 11.9. The molecule has 1 saturated heterocycles. The van der Waals surface area contributed by atoms with E-state index in [2.05, 4.69) is 25.3 Å². The van der Waals surface area contributed by atoms with Gasteiger partial charge < -0.3 is 15.1 Å². The van der Waals surface area contributed by atoms with E-state index in [-0.39, 0.29) is 11.8 Å². The second-order valence-corrected chi connectivity index (χ2v) is 8.78. The smallest absolute Gasteiger partial charge is 0.254 e. The summed E-state index contributed by atoms with van der Waals surface area (Å²) in [6, 6.07) is 15.3. The van der Waals surface area contributed by atoms with Crippen molar-refractivity contribution in [2.24, 2.45) is 0 Å². The number of hydrogen-bond acceptors (Lipinski definition) is 6. The van der Waals surface area contributed by atoms with Gasteiger partial charge in [0.25, 0.3) is 5.91 Å². The summed E-state index contributed by atoms with van der Waals surface area (Å²) in [5.74, 6) is 0.700. The number of amides is 2. The highest BCUT2D eigenvalue weighted by Crippen LogP contribution is 2.18. The summed E-state index contributed by atoms with van der Waals surface area (Å²) in [7, 11) is 0. The number of piperazine rings is 1. The molecule has 1 aliphatic rings. The summed E-state index contributed by atoms with van der Waals surface area (Å²) >= 11 is 0. The highest BCUT2D eigenvalue weighted by atomic mass is 16.2. The van der Waals surface area contributed by atoms with Crippen molar-refractivity contribution in [2.75, 3.05) is 36.4 Å². The number of hydrogen-bond donors (Lipinski definition) is 1. The maximum Gasteiger partial charge on any atom is 0.254 e. The largest absolute Gasteiger partial charge is 0.352 e. The topological polar surface area (TPSA) is 96.2 Å². The molecule has 0 atom stereocenters. The van der Waals surface area contributed by atoms with Crippen LogP contribution in [0.5, 0.6) is 0 Å². The molecule has 182 valence electrons. The molecule has 0 spiro atoms. The van der Waals surface area contributed by atoms with Crippen molar-refractivity contribution in [2.45, 2.75) is 13.3 Å². The standard InChI is InChI=1S/C27H27N7O2/c1-20-4-2-5-21(14-20)15-26(35)31-23-17-30-34(19-23)24-7-3-6-22(16-24)27(36)33-12-10-32(11-13-33)25-18-28-8-9-29-25/h2-9,14,16-19H,10-13,15H2,1H3,(H,31,35). The zero-order chi connectivity index (χ0) is 24.9. The second kappa shape index (κ2) is 10.4. The van der Waals surface area contributed by atoms with Gasteiger partial charge in [-0.05, 0) is 30.7 Å². The number of rotatable bonds is 6. The van der Waals surface area contributed by atoms with Crippen molar-refractivity contribution < 1.29 is 9.59 Å². The number of nitrogens with one attached hydrogen (secondary N) is 1. The fourth-order valence-electron chi connectivity index (χ4n) is 4.30. The van der Waals surface area contributed by atoms with Gasteiger partial charge in [-0.15, -0.1) is 0 Å². The Balaban J connectivity index is 1.21. The van der Waals surface area contributed by atoms with Crippen molar-refractivity contribution in [3.8, 4) is 5.69 Å². The van der Waals surface area contributed by atoms with Crippen LogP contribution in [0, 0.1) is 6.92 Å². The molecule has 4 aromatic rings. The summed E-state index contributed by atoms with van der Waals surface area (Å²) in [6.07, 6.45) is 8.71. The lowest BCUT2D eigenvalue weighted by Gasteiger charge is -2.35. The van der Waals surface area contributed by atoms with Crippen molar-refractivity contribution in [3.05, 3.63) is 96.2 Å². The van der Waals surface area contributed by atoms with E-state index >= 15 is 0 Å². The van der Waals surface area contributed by atoms with Crippen molar-refractivity contribution in [1.82, 2.24) is 24.6 Å². The molecule has 2 aromatic carbocycles. The number of carbonyl (C=O) groups excluding carboxylic acids is 2. The van der Waals surface area contributed by atoms with E-state index in [0.29, 0.717) is 43.9 Å². The molecule has 9 heteroatoms. The van der Waals surface area contributed by atoms with Crippen LogP contribution < -0.4 is 10.2 Å². The van der Waals surface area contributed by atoms with E-state index in [4.69, 9.17) is 0 Å². The Morgan fingerprint density at radius 3 is 2.58 bits per heavy atom. The number of benzene rings is 2. The Bertz CT molecular complexity index is 1360. The fraction of sp³-hybridized carbons (Fsp3) is 0.222. The summed E-state index contributed by atoms with van der Waals surface area (Å²) < 4.78 is 1.66.